The van der Waals surface area contributed by atoms with Crippen molar-refractivity contribution >= 4 is 33.6 Å². The van der Waals surface area contributed by atoms with E-state index in [1.54, 1.807) is 0 Å². The van der Waals surface area contributed by atoms with Gasteiger partial charge in [0.2, 0.25) is 0 Å². The van der Waals surface area contributed by atoms with Crippen LogP contribution in [0.3, 0.4) is 0 Å². The van der Waals surface area contributed by atoms with Gasteiger partial charge >= 0.3 is 0 Å². The third kappa shape index (κ3) is 6.55. The van der Waals surface area contributed by atoms with Crippen LogP contribution in [0.2, 0.25) is 0 Å². The van der Waals surface area contributed by atoms with Crippen LogP contribution < -0.4 is 5.90 Å². The van der Waals surface area contributed by atoms with Crippen LogP contribution in [0.1, 0.15) is 17.0 Å². The number of hydrogen-bond acceptors (Lipinski definition) is 7. The van der Waals surface area contributed by atoms with E-state index in [0.29, 0.717) is 0 Å². The molecule has 3 aromatic carbocycles. The predicted molar refractivity (Wildman–Crippen MR) is 140 cm³/mol. The molecule has 0 atom stereocenters. The van der Waals surface area contributed by atoms with Crippen molar-refractivity contribution in [2.75, 3.05) is 6.54 Å². The van der Waals surface area contributed by atoms with Gasteiger partial charge in [0, 0.05) is 68.1 Å². The van der Waals surface area contributed by atoms with Crippen molar-refractivity contribution in [3.8, 4) is 0 Å². The van der Waals surface area contributed by atoms with Gasteiger partial charge in [0.25, 0.3) is 0 Å². The van der Waals surface area contributed by atoms with E-state index >= 15 is 0 Å². The molecule has 0 unspecified atom stereocenters. The Bertz CT molecular complexity index is 1330. The summed E-state index contributed by atoms with van der Waals surface area (Å²) in [6.07, 6.45) is 4.69. The number of benzene rings is 3. The van der Waals surface area contributed by atoms with Crippen molar-refractivity contribution in [3.63, 3.8) is 0 Å². The summed E-state index contributed by atoms with van der Waals surface area (Å²) in [5.74, 6) is 4.92. The zero-order valence-corrected chi connectivity index (χ0v) is 23.1. The van der Waals surface area contributed by atoms with Crippen molar-refractivity contribution in [1.29, 1.82) is 0 Å². The summed E-state index contributed by atoms with van der Waals surface area (Å²) in [6.45, 7) is 2.34. The van der Waals surface area contributed by atoms with Gasteiger partial charge in [0.15, 0.2) is 0 Å². The quantitative estimate of drug-likeness (QED) is 0.114. The van der Waals surface area contributed by atoms with Crippen molar-refractivity contribution in [2.24, 2.45) is 5.90 Å². The molecule has 0 spiro atoms. The van der Waals surface area contributed by atoms with E-state index in [-0.39, 0.29) is 20.4 Å². The molecule has 6 nitrogen and oxygen atoms in total. The molecule has 0 fully saturated rings. The summed E-state index contributed by atoms with van der Waals surface area (Å²) < 4.78 is 4.73. The summed E-state index contributed by atoms with van der Waals surface area (Å²) >= 11 is 1.09. The molecular formula is C28H26N4O2ReS. The number of fused-ring (bicyclic) bond motifs is 2. The molecule has 1 radical (unpaired) electrons. The van der Waals surface area contributed by atoms with E-state index in [2.05, 4.69) is 82.7 Å². The Hall–Kier alpha value is -2.67. The van der Waals surface area contributed by atoms with Gasteiger partial charge in [-0.1, -0.05) is 60.7 Å². The Labute approximate surface area is 228 Å². The number of nitrogens with two attached hydrogens (primary N) is 1. The van der Waals surface area contributed by atoms with Gasteiger partial charge < -0.3 is 0 Å². The molecule has 183 valence electrons. The number of pyridine rings is 2. The minimum atomic E-state index is 0. The number of rotatable bonds is 10. The van der Waals surface area contributed by atoms with Crippen LogP contribution in [0.4, 0.5) is 0 Å². The van der Waals surface area contributed by atoms with Crippen LogP contribution in [0.5, 0.6) is 0 Å². The van der Waals surface area contributed by atoms with E-state index in [4.69, 9.17) is 20.2 Å². The Kier molecular flexibility index (Phi) is 9.56. The zero-order valence-electron chi connectivity index (χ0n) is 19.6. The summed E-state index contributed by atoms with van der Waals surface area (Å²) in [6, 6.07) is 29.2. The molecule has 0 bridgehead atoms. The van der Waals surface area contributed by atoms with Gasteiger partial charge in [-0.3, -0.25) is 14.9 Å². The molecule has 5 rings (SSSR count). The molecule has 5 aromatic rings. The summed E-state index contributed by atoms with van der Waals surface area (Å²) in [4.78, 5) is 17.0. The first-order chi connectivity index (χ1) is 17.3. The fourth-order valence-electron chi connectivity index (χ4n) is 4.31. The van der Waals surface area contributed by atoms with Crippen LogP contribution in [-0.4, -0.2) is 21.4 Å². The molecule has 2 aromatic heterocycles. The monoisotopic (exact) mass is 669 g/mol. The normalized spacial score (nSPS) is 11.2. The molecule has 0 saturated heterocycles. The maximum atomic E-state index is 4.92. The van der Waals surface area contributed by atoms with Gasteiger partial charge in [0.1, 0.15) is 0 Å². The fourth-order valence-corrected chi connectivity index (χ4v) is 4.68. The van der Waals surface area contributed by atoms with E-state index < -0.39 is 0 Å². The fraction of sp³-hybridized carbons (Fsp3) is 0.143. The Morgan fingerprint density at radius 2 is 1.28 bits per heavy atom. The van der Waals surface area contributed by atoms with Crippen LogP contribution in [-0.2, 0) is 49.3 Å². The SMILES string of the molecule is NOOSc1ccc(CCN(Cc2nccc3ccccc23)Cc2nccc3ccccc23)cc1.[Re]. The largest absolute Gasteiger partial charge is 0.291 e. The van der Waals surface area contributed by atoms with Crippen LogP contribution in [0.15, 0.2) is 102 Å². The average molecular weight is 669 g/mol. The molecular weight excluding hydrogens is 643 g/mol. The molecule has 2 N–H and O–H groups in total. The Morgan fingerprint density at radius 3 is 1.83 bits per heavy atom. The summed E-state index contributed by atoms with van der Waals surface area (Å²) in [7, 11) is 0. The van der Waals surface area contributed by atoms with E-state index in [0.717, 1.165) is 54.4 Å². The minimum absolute atomic E-state index is 0. The van der Waals surface area contributed by atoms with Gasteiger partial charge in [0.05, 0.1) is 23.4 Å². The van der Waals surface area contributed by atoms with Crippen LogP contribution in [0, 0.1) is 0 Å². The molecule has 2 heterocycles. The maximum Gasteiger partial charge on any atom is 0.0702 e. The van der Waals surface area contributed by atoms with Crippen molar-refractivity contribution < 1.29 is 29.7 Å². The Balaban J connectivity index is 0.00000304. The van der Waals surface area contributed by atoms with Gasteiger partial charge in [-0.2, -0.15) is 5.90 Å². The van der Waals surface area contributed by atoms with Crippen molar-refractivity contribution in [2.45, 2.75) is 24.4 Å². The van der Waals surface area contributed by atoms with Crippen LogP contribution in [0.25, 0.3) is 21.5 Å². The average Bonchev–Trinajstić information content (AvgIpc) is 2.91. The molecule has 0 amide bonds. The van der Waals surface area contributed by atoms with E-state index in [9.17, 15) is 0 Å². The van der Waals surface area contributed by atoms with Crippen molar-refractivity contribution in [3.05, 3.63) is 114 Å². The molecule has 8 heteroatoms. The maximum absolute atomic E-state index is 4.92. The number of hydrogen-bond donors (Lipinski definition) is 1. The number of nitrogens with zero attached hydrogens (tertiary/aromatic N) is 3. The van der Waals surface area contributed by atoms with E-state index in [1.807, 2.05) is 24.5 Å². The minimum Gasteiger partial charge on any atom is -0.291 e. The molecule has 0 aliphatic rings. The second-order valence-electron chi connectivity index (χ2n) is 8.31. The molecule has 0 aliphatic heterocycles. The second kappa shape index (κ2) is 13.0. The smallest absolute Gasteiger partial charge is 0.0702 e. The molecule has 36 heavy (non-hydrogen) atoms. The topological polar surface area (TPSA) is 73.5 Å². The predicted octanol–water partition coefficient (Wildman–Crippen LogP) is 5.85. The standard InChI is InChI=1S/C28H26N4O2S.Re/c29-33-34-35-24-11-9-21(10-12-24)15-18-32(19-27-25-7-3-1-5-22(25)13-16-30-27)20-28-26-8-4-2-6-23(26)14-17-31-28;/h1-14,16-17H,15,18-20,29H2;. The van der Waals surface area contributed by atoms with E-state index in [1.165, 1.54) is 27.1 Å². The van der Waals surface area contributed by atoms with Gasteiger partial charge in [-0.15, -0.1) is 9.32 Å². The van der Waals surface area contributed by atoms with Gasteiger partial charge in [-0.05, 0) is 47.0 Å². The first-order valence-corrected chi connectivity index (χ1v) is 12.2. The Morgan fingerprint density at radius 1 is 0.722 bits per heavy atom. The number of aromatic nitrogens is 2. The molecule has 0 aliphatic carbocycles. The first kappa shape index (κ1) is 26.4. The van der Waals surface area contributed by atoms with Gasteiger partial charge in [-0.25, -0.2) is 0 Å². The first-order valence-electron chi connectivity index (χ1n) is 11.5. The third-order valence-corrected chi connectivity index (χ3v) is 6.68. The third-order valence-electron chi connectivity index (χ3n) is 6.07. The molecule has 0 saturated carbocycles. The van der Waals surface area contributed by atoms with Crippen LogP contribution >= 0.6 is 12.0 Å². The summed E-state index contributed by atoms with van der Waals surface area (Å²) in [5, 5.41) is 4.79. The van der Waals surface area contributed by atoms with Crippen molar-refractivity contribution in [1.82, 2.24) is 14.9 Å². The zero-order chi connectivity index (χ0) is 23.9. The summed E-state index contributed by atoms with van der Waals surface area (Å²) in [5.41, 5.74) is 3.40. The second-order valence-corrected chi connectivity index (χ2v) is 9.08.